The molecule has 0 aliphatic rings. The van der Waals surface area contributed by atoms with E-state index in [0.717, 1.165) is 5.76 Å². The molecule has 5 heteroatoms. The van der Waals surface area contributed by atoms with E-state index in [0.29, 0.717) is 17.9 Å². The number of hydrogen-bond acceptors (Lipinski definition) is 3. The lowest BCUT2D eigenvalue weighted by molar-refractivity contribution is 0.0775. The molecule has 0 radical (unpaired) electrons. The molecule has 0 aliphatic carbocycles. The largest absolute Gasteiger partial charge is 0.464 e. The zero-order chi connectivity index (χ0) is 14.0. The Kier molecular flexibility index (Phi) is 3.55. The van der Waals surface area contributed by atoms with Gasteiger partial charge >= 0.3 is 0 Å². The van der Waals surface area contributed by atoms with E-state index in [1.807, 2.05) is 19.1 Å². The molecule has 1 aromatic carbocycles. The minimum atomic E-state index is -0.527. The Labute approximate surface area is 110 Å². The summed E-state index contributed by atoms with van der Waals surface area (Å²) < 4.78 is 18.5. The first kappa shape index (κ1) is 13.1. The number of carbonyl (C=O) groups excluding carboxylic acids is 1. The number of halogens is 1. The fourth-order valence-electron chi connectivity index (χ4n) is 1.77. The topological polar surface area (TPSA) is 59.5 Å². The van der Waals surface area contributed by atoms with Gasteiger partial charge in [-0.2, -0.15) is 0 Å². The van der Waals surface area contributed by atoms with Gasteiger partial charge in [-0.1, -0.05) is 0 Å². The molecule has 2 rings (SSSR count). The van der Waals surface area contributed by atoms with Crippen molar-refractivity contribution in [2.24, 2.45) is 0 Å². The van der Waals surface area contributed by atoms with Crippen LogP contribution in [0.5, 0.6) is 0 Å². The Hall–Kier alpha value is -2.30. The molecule has 0 atom stereocenters. The lowest BCUT2D eigenvalue weighted by Gasteiger charge is -2.16. The van der Waals surface area contributed by atoms with Crippen molar-refractivity contribution < 1.29 is 13.6 Å². The van der Waals surface area contributed by atoms with Crippen molar-refractivity contribution in [2.45, 2.75) is 13.5 Å². The van der Waals surface area contributed by atoms with Crippen molar-refractivity contribution in [3.8, 4) is 0 Å². The number of aryl methyl sites for hydroxylation is 1. The summed E-state index contributed by atoms with van der Waals surface area (Å²) in [4.78, 5) is 13.6. The van der Waals surface area contributed by atoms with E-state index in [1.54, 1.807) is 7.05 Å². The van der Waals surface area contributed by atoms with Crippen molar-refractivity contribution in [1.29, 1.82) is 0 Å². The number of nitrogen functional groups attached to an aromatic ring is 1. The number of hydrogen-bond donors (Lipinski definition) is 1. The van der Waals surface area contributed by atoms with Crippen molar-refractivity contribution >= 4 is 11.6 Å². The second kappa shape index (κ2) is 5.14. The SMILES string of the molecule is Cc1ccc(CN(C)C(=O)c2ccc(F)c(N)c2)o1. The molecule has 0 unspecified atom stereocenters. The molecule has 0 saturated carbocycles. The monoisotopic (exact) mass is 262 g/mol. The van der Waals surface area contributed by atoms with E-state index in [9.17, 15) is 9.18 Å². The summed E-state index contributed by atoms with van der Waals surface area (Å²) in [5.74, 6) is 0.729. The van der Waals surface area contributed by atoms with E-state index in [1.165, 1.54) is 23.1 Å². The maximum Gasteiger partial charge on any atom is 0.254 e. The third kappa shape index (κ3) is 2.93. The predicted octanol–water partition coefficient (Wildman–Crippen LogP) is 2.58. The van der Waals surface area contributed by atoms with Gasteiger partial charge in [-0.25, -0.2) is 4.39 Å². The standard InChI is InChI=1S/C14H15FN2O2/c1-9-3-5-11(19-9)8-17(2)14(18)10-4-6-12(15)13(16)7-10/h3-7H,8,16H2,1-2H3. The number of benzene rings is 1. The highest BCUT2D eigenvalue weighted by molar-refractivity contribution is 5.94. The molecule has 1 aromatic heterocycles. The van der Waals surface area contributed by atoms with Gasteiger partial charge in [0.1, 0.15) is 17.3 Å². The second-order valence-corrected chi connectivity index (χ2v) is 4.41. The number of furan rings is 1. The van der Waals surface area contributed by atoms with Crippen LogP contribution in [0.2, 0.25) is 0 Å². The van der Waals surface area contributed by atoms with Crippen LogP contribution in [0, 0.1) is 12.7 Å². The Morgan fingerprint density at radius 3 is 2.68 bits per heavy atom. The summed E-state index contributed by atoms with van der Waals surface area (Å²) in [5.41, 5.74) is 5.77. The molecule has 4 nitrogen and oxygen atoms in total. The summed E-state index contributed by atoms with van der Waals surface area (Å²) in [5, 5.41) is 0. The van der Waals surface area contributed by atoms with Crippen LogP contribution >= 0.6 is 0 Å². The quantitative estimate of drug-likeness (QED) is 0.865. The molecule has 0 bridgehead atoms. The molecule has 2 N–H and O–H groups in total. The second-order valence-electron chi connectivity index (χ2n) is 4.41. The summed E-state index contributed by atoms with van der Waals surface area (Å²) in [6.07, 6.45) is 0. The molecule has 0 spiro atoms. The van der Waals surface area contributed by atoms with Crippen LogP contribution in [0.15, 0.2) is 34.7 Å². The van der Waals surface area contributed by atoms with Crippen molar-refractivity contribution in [3.05, 3.63) is 53.2 Å². The van der Waals surface area contributed by atoms with Crippen LogP contribution in [-0.4, -0.2) is 17.9 Å². The Morgan fingerprint density at radius 1 is 1.37 bits per heavy atom. The fourth-order valence-corrected chi connectivity index (χ4v) is 1.77. The summed E-state index contributed by atoms with van der Waals surface area (Å²) in [6.45, 7) is 2.19. The predicted molar refractivity (Wildman–Crippen MR) is 70.1 cm³/mol. The van der Waals surface area contributed by atoms with Gasteiger partial charge in [0, 0.05) is 12.6 Å². The summed E-state index contributed by atoms with van der Waals surface area (Å²) >= 11 is 0. The van der Waals surface area contributed by atoms with E-state index >= 15 is 0 Å². The van der Waals surface area contributed by atoms with Crippen LogP contribution in [0.25, 0.3) is 0 Å². The number of rotatable bonds is 3. The smallest absolute Gasteiger partial charge is 0.254 e. The van der Waals surface area contributed by atoms with Gasteiger partial charge in [0.25, 0.3) is 5.91 Å². The maximum absolute atomic E-state index is 13.0. The fraction of sp³-hybridized carbons (Fsp3) is 0.214. The summed E-state index contributed by atoms with van der Waals surface area (Å²) in [6, 6.07) is 7.59. The molecular formula is C14H15FN2O2. The van der Waals surface area contributed by atoms with Crippen LogP contribution in [0.3, 0.4) is 0 Å². The minimum Gasteiger partial charge on any atom is -0.464 e. The number of anilines is 1. The highest BCUT2D eigenvalue weighted by Crippen LogP contribution is 2.15. The van der Waals surface area contributed by atoms with E-state index in [2.05, 4.69) is 0 Å². The van der Waals surface area contributed by atoms with Gasteiger partial charge in [-0.3, -0.25) is 4.79 Å². The average Bonchev–Trinajstić information content (AvgIpc) is 2.77. The highest BCUT2D eigenvalue weighted by Gasteiger charge is 2.14. The first-order valence-corrected chi connectivity index (χ1v) is 5.83. The normalized spacial score (nSPS) is 10.5. The van der Waals surface area contributed by atoms with Crippen molar-refractivity contribution in [2.75, 3.05) is 12.8 Å². The molecular weight excluding hydrogens is 247 g/mol. The highest BCUT2D eigenvalue weighted by atomic mass is 19.1. The summed E-state index contributed by atoms with van der Waals surface area (Å²) in [7, 11) is 1.65. The van der Waals surface area contributed by atoms with E-state index in [4.69, 9.17) is 10.2 Å². The van der Waals surface area contributed by atoms with Gasteiger partial charge in [0.05, 0.1) is 12.2 Å². The Bertz CT molecular complexity index is 607. The molecule has 1 amide bonds. The van der Waals surface area contributed by atoms with Crippen LogP contribution in [-0.2, 0) is 6.54 Å². The number of nitrogens with two attached hydrogens (primary N) is 1. The van der Waals surface area contributed by atoms with Gasteiger partial charge in [0.2, 0.25) is 0 Å². The van der Waals surface area contributed by atoms with Gasteiger partial charge in [0.15, 0.2) is 0 Å². The first-order valence-electron chi connectivity index (χ1n) is 5.83. The van der Waals surface area contributed by atoms with Gasteiger partial charge in [-0.15, -0.1) is 0 Å². The zero-order valence-electron chi connectivity index (χ0n) is 10.8. The zero-order valence-corrected chi connectivity index (χ0v) is 10.8. The van der Waals surface area contributed by atoms with Gasteiger partial charge in [-0.05, 0) is 37.3 Å². The van der Waals surface area contributed by atoms with Crippen LogP contribution in [0.1, 0.15) is 21.9 Å². The first-order chi connectivity index (χ1) is 8.97. The molecule has 100 valence electrons. The molecule has 19 heavy (non-hydrogen) atoms. The molecule has 0 fully saturated rings. The number of amides is 1. The lowest BCUT2D eigenvalue weighted by Crippen LogP contribution is -2.26. The van der Waals surface area contributed by atoms with E-state index in [-0.39, 0.29) is 11.6 Å². The van der Waals surface area contributed by atoms with Crippen molar-refractivity contribution in [1.82, 2.24) is 4.90 Å². The number of carbonyl (C=O) groups is 1. The average molecular weight is 262 g/mol. The van der Waals surface area contributed by atoms with Crippen LogP contribution < -0.4 is 5.73 Å². The Balaban J connectivity index is 2.12. The molecule has 0 saturated heterocycles. The molecule has 1 heterocycles. The third-order valence-electron chi connectivity index (χ3n) is 2.78. The molecule has 0 aliphatic heterocycles. The number of nitrogens with zero attached hydrogens (tertiary/aromatic N) is 1. The lowest BCUT2D eigenvalue weighted by atomic mass is 10.1. The van der Waals surface area contributed by atoms with Crippen molar-refractivity contribution in [3.63, 3.8) is 0 Å². The maximum atomic E-state index is 13.0. The third-order valence-corrected chi connectivity index (χ3v) is 2.78. The molecule has 2 aromatic rings. The van der Waals surface area contributed by atoms with E-state index < -0.39 is 5.82 Å². The Morgan fingerprint density at radius 2 is 2.11 bits per heavy atom. The van der Waals surface area contributed by atoms with Gasteiger partial charge < -0.3 is 15.1 Å². The minimum absolute atomic E-state index is 0.0342. The van der Waals surface area contributed by atoms with Crippen LogP contribution in [0.4, 0.5) is 10.1 Å².